The zero-order valence-corrected chi connectivity index (χ0v) is 29.1. The fourth-order valence-corrected chi connectivity index (χ4v) is 4.53. The van der Waals surface area contributed by atoms with Gasteiger partial charge in [-0.2, -0.15) is 39.5 Å². The highest BCUT2D eigenvalue weighted by molar-refractivity contribution is 5.91. The predicted octanol–water partition coefficient (Wildman–Crippen LogP) is 0.548. The van der Waals surface area contributed by atoms with Crippen molar-refractivity contribution in [3.63, 3.8) is 0 Å². The summed E-state index contributed by atoms with van der Waals surface area (Å²) in [5.41, 5.74) is 14.3. The number of aromatic amines is 1. The topological polar surface area (TPSA) is 308 Å². The molecule has 17 nitrogen and oxygen atoms in total. The van der Waals surface area contributed by atoms with Crippen LogP contribution >= 0.6 is 0 Å². The summed E-state index contributed by atoms with van der Waals surface area (Å²) in [6, 6.07) is 14.5. The van der Waals surface area contributed by atoms with Crippen LogP contribution in [-0.2, 0) is 41.7 Å². The van der Waals surface area contributed by atoms with Gasteiger partial charge in [0.1, 0.15) is 36.5 Å². The second-order valence-corrected chi connectivity index (χ2v) is 11.6. The van der Waals surface area contributed by atoms with Crippen LogP contribution in [0.25, 0.3) is 10.9 Å². The number of alkyl halides is 9. The van der Waals surface area contributed by atoms with Crippen LogP contribution in [0, 0.1) is 0 Å². The van der Waals surface area contributed by atoms with E-state index in [0.29, 0.717) is 0 Å². The number of fused-ring (bicyclic) bond motifs is 1. The van der Waals surface area contributed by atoms with Gasteiger partial charge in [-0.3, -0.25) is 9.59 Å². The number of H-pyrrole nitrogens is 1. The van der Waals surface area contributed by atoms with Crippen molar-refractivity contribution < 1.29 is 98.9 Å². The van der Waals surface area contributed by atoms with E-state index in [1.54, 1.807) is 6.20 Å². The van der Waals surface area contributed by atoms with E-state index in [1.807, 2.05) is 54.6 Å². The average molecular weight is 854 g/mol. The number of carbonyl (C=O) groups is 5. The third kappa shape index (κ3) is 16.1. The molecule has 2 aromatic carbocycles. The van der Waals surface area contributed by atoms with Gasteiger partial charge in [0.25, 0.3) is 0 Å². The number of hydrogen-bond acceptors (Lipinski definition) is 11. The van der Waals surface area contributed by atoms with Crippen molar-refractivity contribution in [3.8, 4) is 0 Å². The minimum Gasteiger partial charge on any atom is -0.475 e. The second kappa shape index (κ2) is 21.8. The number of halogens is 9. The molecule has 0 bridgehead atoms. The molecule has 1 aliphatic heterocycles. The first-order valence-electron chi connectivity index (χ1n) is 15.9. The molecule has 2 amide bonds. The van der Waals surface area contributed by atoms with E-state index in [4.69, 9.17) is 45.9 Å². The summed E-state index contributed by atoms with van der Waals surface area (Å²) in [6.07, 6.45) is -20.3. The third-order valence-electron chi connectivity index (χ3n) is 7.41. The maximum atomic E-state index is 13.2. The summed E-state index contributed by atoms with van der Waals surface area (Å²) in [5.74, 6) is -9.45. The first-order chi connectivity index (χ1) is 26.6. The van der Waals surface area contributed by atoms with Gasteiger partial charge in [-0.15, -0.1) is 0 Å². The Morgan fingerprint density at radius 2 is 1.19 bits per heavy atom. The number of nitrogens with one attached hydrogen (secondary N) is 3. The van der Waals surface area contributed by atoms with Crippen LogP contribution in [0.15, 0.2) is 60.8 Å². The molecule has 324 valence electrons. The Morgan fingerprint density at radius 3 is 1.66 bits per heavy atom. The molecule has 4 rings (SSSR count). The van der Waals surface area contributed by atoms with Gasteiger partial charge in [-0.25, -0.2) is 14.4 Å². The van der Waals surface area contributed by atoms with E-state index in [-0.39, 0.29) is 19.5 Å². The lowest BCUT2D eigenvalue weighted by Crippen LogP contribution is -2.66. The molecule has 1 aliphatic rings. The van der Waals surface area contributed by atoms with E-state index in [9.17, 15) is 64.4 Å². The molecule has 58 heavy (non-hydrogen) atoms. The third-order valence-corrected chi connectivity index (χ3v) is 7.41. The number of benzene rings is 2. The molecule has 1 aromatic heterocycles. The number of aliphatic hydroxyl groups excluding tert-OH is 3. The molecule has 2 heterocycles. The van der Waals surface area contributed by atoms with E-state index in [1.165, 1.54) is 0 Å². The molecule has 1 fully saturated rings. The summed E-state index contributed by atoms with van der Waals surface area (Å²) in [4.78, 5) is 56.2. The van der Waals surface area contributed by atoms with Crippen molar-refractivity contribution in [2.45, 2.75) is 74.1 Å². The largest absolute Gasteiger partial charge is 0.490 e. The molecule has 0 spiro atoms. The highest BCUT2D eigenvalue weighted by Crippen LogP contribution is 2.24. The van der Waals surface area contributed by atoms with Gasteiger partial charge in [0.05, 0.1) is 6.10 Å². The van der Waals surface area contributed by atoms with Gasteiger partial charge < -0.3 is 62.5 Å². The molecule has 7 atom stereocenters. The normalized spacial score (nSPS) is 20.3. The lowest BCUT2D eigenvalue weighted by atomic mass is 9.91. The van der Waals surface area contributed by atoms with Gasteiger partial charge >= 0.3 is 36.4 Å². The summed E-state index contributed by atoms with van der Waals surface area (Å²) < 4.78 is 101. The van der Waals surface area contributed by atoms with Crippen LogP contribution in [0.4, 0.5) is 39.5 Å². The highest BCUT2D eigenvalue weighted by Gasteiger charge is 2.47. The molecule has 13 N–H and O–H groups in total. The van der Waals surface area contributed by atoms with Crippen LogP contribution in [0.1, 0.15) is 11.1 Å². The number of aliphatic carboxylic acids is 3. The van der Waals surface area contributed by atoms with Gasteiger partial charge in [0.15, 0.2) is 0 Å². The zero-order valence-electron chi connectivity index (χ0n) is 29.1. The van der Waals surface area contributed by atoms with Crippen molar-refractivity contribution in [3.05, 3.63) is 71.9 Å². The molecule has 0 aliphatic carbocycles. The lowest BCUT2D eigenvalue weighted by molar-refractivity contribution is -0.223. The Kier molecular flexibility index (Phi) is 19.0. The minimum atomic E-state index is -5.08. The van der Waals surface area contributed by atoms with Crippen molar-refractivity contribution in [2.24, 2.45) is 11.5 Å². The van der Waals surface area contributed by atoms with Gasteiger partial charge in [0, 0.05) is 36.6 Å². The molecular weight excluding hydrogens is 817 g/mol. The molecule has 26 heteroatoms. The number of carboxylic acid groups (broad SMARTS) is 3. The molecule has 1 saturated heterocycles. The molecular formula is C32H36F9N5O12. The van der Waals surface area contributed by atoms with Crippen LogP contribution in [0.5, 0.6) is 0 Å². The maximum Gasteiger partial charge on any atom is 0.490 e. The summed E-state index contributed by atoms with van der Waals surface area (Å²) >= 11 is 0. The highest BCUT2D eigenvalue weighted by atomic mass is 19.4. The van der Waals surface area contributed by atoms with E-state index in [0.717, 1.165) is 22.0 Å². The number of rotatable bonds is 9. The quantitative estimate of drug-likeness (QED) is 0.131. The number of hydrogen-bond donors (Lipinski definition) is 11. The van der Waals surface area contributed by atoms with Gasteiger partial charge in [-0.1, -0.05) is 48.5 Å². The Hall–Kier alpha value is -5.54. The number of carboxylic acids is 3. The fourth-order valence-electron chi connectivity index (χ4n) is 4.53. The maximum absolute atomic E-state index is 13.2. The van der Waals surface area contributed by atoms with E-state index < -0.39 is 90.9 Å². The van der Waals surface area contributed by atoms with Crippen molar-refractivity contribution in [1.82, 2.24) is 15.6 Å². The number of nitrogens with two attached hydrogens (primary N) is 2. The number of para-hydroxylation sites is 1. The summed E-state index contributed by atoms with van der Waals surface area (Å²) in [5, 5.41) is 58.4. The van der Waals surface area contributed by atoms with Crippen molar-refractivity contribution >= 4 is 40.6 Å². The molecule has 0 unspecified atom stereocenters. The van der Waals surface area contributed by atoms with Crippen molar-refractivity contribution in [2.75, 3.05) is 6.54 Å². The molecule has 3 aromatic rings. The minimum absolute atomic E-state index is 0.152. The van der Waals surface area contributed by atoms with Crippen molar-refractivity contribution in [1.29, 1.82) is 0 Å². The summed E-state index contributed by atoms with van der Waals surface area (Å²) in [6.45, 7) is 0.111. The average Bonchev–Trinajstić information content (AvgIpc) is 3.55. The number of aliphatic hydroxyl groups is 3. The van der Waals surface area contributed by atoms with Crippen LogP contribution in [0.2, 0.25) is 0 Å². The Balaban J connectivity index is 0.000000655. The van der Waals surface area contributed by atoms with Crippen LogP contribution in [-0.4, -0.2) is 133 Å². The zero-order chi connectivity index (χ0) is 44.8. The van der Waals surface area contributed by atoms with E-state index in [2.05, 4.69) is 15.6 Å². The smallest absolute Gasteiger partial charge is 0.475 e. The Bertz CT molecular complexity index is 1750. The predicted molar refractivity (Wildman–Crippen MR) is 177 cm³/mol. The Labute approximate surface area is 319 Å². The second-order valence-electron chi connectivity index (χ2n) is 11.6. The van der Waals surface area contributed by atoms with Gasteiger partial charge in [0.2, 0.25) is 11.8 Å². The first-order valence-corrected chi connectivity index (χ1v) is 15.9. The number of carbonyl (C=O) groups excluding carboxylic acids is 2. The van der Waals surface area contributed by atoms with Crippen LogP contribution in [0.3, 0.4) is 0 Å². The fraction of sp³-hybridized carbons (Fsp3) is 0.406. The monoisotopic (exact) mass is 853 g/mol. The standard InChI is InChI=1S/C26H33N5O6.3C2HF3O2/c27-11-19-21(32)22(33)23(34)24(37-19)20(28)26(36)31-18(25(35)30-12-14-6-2-1-3-7-14)10-15-13-29-17-9-5-4-8-16(15)17;3*3-2(4,5)1(6)7/h1-9,13,18-24,29,32-34H,10-12,27-28H2,(H,30,35)(H,31,36);3*(H,6,7)/t18-,19+,20+,21+,22-,23+,24-;;;/m0.../s1. The van der Waals surface area contributed by atoms with Gasteiger partial charge in [-0.05, 0) is 17.2 Å². The number of amides is 2. The lowest BCUT2D eigenvalue weighted by Gasteiger charge is -2.42. The number of aromatic nitrogens is 1. The number of ether oxygens (including phenoxy) is 1. The van der Waals surface area contributed by atoms with E-state index >= 15 is 0 Å². The SMILES string of the molecule is NC[C@H]1O[C@@H]([C@@H](N)C(=O)N[C@@H](Cc2c[nH]c3ccccc23)C(=O)NCc2ccccc2)[C@H](O)[C@@H](O)[C@@H]1O.O=C(O)C(F)(F)F.O=C(O)C(F)(F)F.O=C(O)C(F)(F)F. The molecule has 0 saturated carbocycles. The summed E-state index contributed by atoms with van der Waals surface area (Å²) in [7, 11) is 0. The first kappa shape index (κ1) is 50.5. The Morgan fingerprint density at radius 1 is 0.724 bits per heavy atom. The van der Waals surface area contributed by atoms with Crippen LogP contribution < -0.4 is 22.1 Å². The molecule has 0 radical (unpaired) electrons.